The third-order valence-electron chi connectivity index (χ3n) is 3.59. The number of benzene rings is 2. The summed E-state index contributed by atoms with van der Waals surface area (Å²) in [6.07, 6.45) is 1.65. The molecular formula is C19H14ClIN2O4S. The molecule has 0 aromatic heterocycles. The Morgan fingerprint density at radius 1 is 1.36 bits per heavy atom. The number of phenolic OH excluding ortho intramolecular Hbond substituents is 1. The molecule has 3 rings (SSSR count). The van der Waals surface area contributed by atoms with Gasteiger partial charge < -0.3 is 15.2 Å². The molecule has 0 spiro atoms. The third kappa shape index (κ3) is 4.86. The first-order valence-electron chi connectivity index (χ1n) is 8.12. The Kier molecular flexibility index (Phi) is 6.63. The van der Waals surface area contributed by atoms with Crippen molar-refractivity contribution in [2.24, 2.45) is 4.99 Å². The van der Waals surface area contributed by atoms with Crippen molar-refractivity contribution in [1.29, 1.82) is 0 Å². The molecule has 0 atom stereocenters. The molecule has 1 fully saturated rings. The molecular weight excluding hydrogens is 515 g/mol. The Labute approximate surface area is 184 Å². The van der Waals surface area contributed by atoms with Crippen LogP contribution in [0.2, 0.25) is 5.02 Å². The van der Waals surface area contributed by atoms with Crippen LogP contribution >= 0.6 is 46.0 Å². The topological polar surface area (TPSA) is 88.0 Å². The van der Waals surface area contributed by atoms with Gasteiger partial charge in [-0.1, -0.05) is 11.6 Å². The van der Waals surface area contributed by atoms with Crippen LogP contribution in [0, 0.1) is 3.57 Å². The fourth-order valence-corrected chi connectivity index (χ4v) is 3.89. The molecule has 0 saturated carbocycles. The smallest absolute Gasteiger partial charge is 0.279 e. The summed E-state index contributed by atoms with van der Waals surface area (Å²) in [5.74, 6) is -0.423. The number of aliphatic imine (C=N–C) groups is 1. The number of phenols is 1. The molecule has 1 aliphatic rings. The lowest BCUT2D eigenvalue weighted by Crippen LogP contribution is -2.20. The number of nitrogens with zero attached hydrogens (tertiary/aromatic N) is 1. The van der Waals surface area contributed by atoms with Crippen LogP contribution < -0.4 is 10.1 Å². The summed E-state index contributed by atoms with van der Waals surface area (Å²) >= 11 is 8.87. The predicted molar refractivity (Wildman–Crippen MR) is 119 cm³/mol. The minimum atomic E-state index is -0.474. The van der Waals surface area contributed by atoms with Gasteiger partial charge in [0.15, 0.2) is 16.7 Å². The molecule has 0 unspecified atom stereocenters. The molecule has 2 aromatic carbocycles. The molecule has 0 radical (unpaired) electrons. The number of thioether (sulfide) groups is 1. The quantitative estimate of drug-likeness (QED) is 0.452. The van der Waals surface area contributed by atoms with Crippen LogP contribution in [0.4, 0.5) is 0 Å². The Balaban J connectivity index is 1.82. The van der Waals surface area contributed by atoms with E-state index in [1.54, 1.807) is 42.5 Å². The first kappa shape index (κ1) is 20.7. The Morgan fingerprint density at radius 3 is 2.75 bits per heavy atom. The van der Waals surface area contributed by atoms with Crippen molar-refractivity contribution in [3.8, 4) is 11.5 Å². The van der Waals surface area contributed by atoms with E-state index in [1.165, 1.54) is 0 Å². The highest BCUT2D eigenvalue weighted by atomic mass is 127. The van der Waals surface area contributed by atoms with Gasteiger partial charge in [-0.3, -0.25) is 9.59 Å². The normalized spacial score (nSPS) is 16.5. The van der Waals surface area contributed by atoms with Crippen molar-refractivity contribution in [2.75, 3.05) is 6.61 Å². The average Bonchev–Trinajstić information content (AvgIpc) is 2.99. The van der Waals surface area contributed by atoms with E-state index < -0.39 is 5.91 Å². The lowest BCUT2D eigenvalue weighted by molar-refractivity contribution is -0.115. The molecule has 1 aliphatic heterocycles. The van der Waals surface area contributed by atoms with Crippen molar-refractivity contribution in [2.45, 2.75) is 6.92 Å². The number of rotatable bonds is 4. The molecule has 0 bridgehead atoms. The SMILES string of the molecule is CCOc1cc(/C=C2\SC(=NC(=O)c3ccc(Cl)cc3)NC2=O)cc(I)c1O. The van der Waals surface area contributed by atoms with Gasteiger partial charge in [0.05, 0.1) is 15.1 Å². The van der Waals surface area contributed by atoms with E-state index in [2.05, 4.69) is 10.3 Å². The molecule has 144 valence electrons. The molecule has 1 heterocycles. The van der Waals surface area contributed by atoms with Crippen LogP contribution in [-0.4, -0.2) is 28.7 Å². The van der Waals surface area contributed by atoms with Gasteiger partial charge in [0.25, 0.3) is 11.8 Å². The van der Waals surface area contributed by atoms with Crippen LogP contribution in [0.1, 0.15) is 22.8 Å². The summed E-state index contributed by atoms with van der Waals surface area (Å²) in [7, 11) is 0. The molecule has 2 N–H and O–H groups in total. The standard InChI is InChI=1S/C19H14ClIN2O4S/c1-2-27-14-8-10(7-13(21)16(14)24)9-15-18(26)23-19(28-15)22-17(25)11-3-5-12(20)6-4-11/h3-9,24H,2H2,1H3,(H,22,23,25,26)/b15-9-. The minimum absolute atomic E-state index is 0.0592. The Morgan fingerprint density at radius 2 is 2.07 bits per heavy atom. The van der Waals surface area contributed by atoms with E-state index in [0.29, 0.717) is 37.0 Å². The van der Waals surface area contributed by atoms with Gasteiger partial charge in [-0.25, -0.2) is 0 Å². The van der Waals surface area contributed by atoms with Crippen molar-refractivity contribution in [1.82, 2.24) is 5.32 Å². The zero-order valence-electron chi connectivity index (χ0n) is 14.5. The summed E-state index contributed by atoms with van der Waals surface area (Å²) in [4.78, 5) is 28.8. The lowest BCUT2D eigenvalue weighted by Gasteiger charge is -2.08. The molecule has 2 aromatic rings. The maximum absolute atomic E-state index is 12.2. The van der Waals surface area contributed by atoms with Gasteiger partial charge in [0, 0.05) is 10.6 Å². The highest BCUT2D eigenvalue weighted by molar-refractivity contribution is 14.1. The van der Waals surface area contributed by atoms with E-state index in [0.717, 1.165) is 11.8 Å². The third-order valence-corrected chi connectivity index (χ3v) is 5.58. The highest BCUT2D eigenvalue weighted by Gasteiger charge is 2.25. The van der Waals surface area contributed by atoms with Crippen LogP contribution in [0.5, 0.6) is 11.5 Å². The number of hydrogen-bond acceptors (Lipinski definition) is 5. The van der Waals surface area contributed by atoms with E-state index >= 15 is 0 Å². The number of hydrogen-bond donors (Lipinski definition) is 2. The second-order valence-corrected chi connectivity index (χ2v) is 8.21. The summed E-state index contributed by atoms with van der Waals surface area (Å²) in [5, 5.41) is 13.3. The lowest BCUT2D eigenvalue weighted by atomic mass is 10.2. The van der Waals surface area contributed by atoms with Crippen LogP contribution in [0.25, 0.3) is 6.08 Å². The largest absolute Gasteiger partial charge is 0.504 e. The van der Waals surface area contributed by atoms with Gasteiger partial charge in [0.2, 0.25) is 0 Å². The van der Waals surface area contributed by atoms with E-state index in [9.17, 15) is 14.7 Å². The first-order valence-corrected chi connectivity index (χ1v) is 10.4. The number of amidine groups is 1. The maximum Gasteiger partial charge on any atom is 0.279 e. The molecule has 1 saturated heterocycles. The fourth-order valence-electron chi connectivity index (χ4n) is 2.32. The molecule has 28 heavy (non-hydrogen) atoms. The highest BCUT2D eigenvalue weighted by Crippen LogP contribution is 2.35. The monoisotopic (exact) mass is 528 g/mol. The molecule has 0 aliphatic carbocycles. The summed E-state index contributed by atoms with van der Waals surface area (Å²) in [6, 6.07) is 9.72. The van der Waals surface area contributed by atoms with Crippen molar-refractivity contribution in [3.05, 3.63) is 61.0 Å². The van der Waals surface area contributed by atoms with E-state index in [-0.39, 0.29) is 16.8 Å². The number of aromatic hydroxyl groups is 1. The van der Waals surface area contributed by atoms with Gasteiger partial charge in [-0.15, -0.1) is 0 Å². The summed E-state index contributed by atoms with van der Waals surface area (Å²) in [5.41, 5.74) is 1.06. The fraction of sp³-hybridized carbons (Fsp3) is 0.105. The number of amides is 2. The molecule has 2 amide bonds. The summed E-state index contributed by atoms with van der Waals surface area (Å²) < 4.78 is 6.01. The number of carbonyl (C=O) groups excluding carboxylic acids is 2. The van der Waals surface area contributed by atoms with Crippen LogP contribution in [0.15, 0.2) is 46.3 Å². The first-order chi connectivity index (χ1) is 13.4. The Hall–Kier alpha value is -2.04. The number of carbonyl (C=O) groups is 2. The second-order valence-electron chi connectivity index (χ2n) is 5.58. The minimum Gasteiger partial charge on any atom is -0.504 e. The van der Waals surface area contributed by atoms with E-state index in [4.69, 9.17) is 16.3 Å². The number of ether oxygens (including phenoxy) is 1. The second kappa shape index (κ2) is 8.97. The summed E-state index contributed by atoms with van der Waals surface area (Å²) in [6.45, 7) is 2.22. The van der Waals surface area contributed by atoms with Gasteiger partial charge in [0.1, 0.15) is 0 Å². The van der Waals surface area contributed by atoms with Crippen LogP contribution in [-0.2, 0) is 4.79 Å². The van der Waals surface area contributed by atoms with Gasteiger partial charge in [-0.05, 0) is 89.3 Å². The maximum atomic E-state index is 12.2. The van der Waals surface area contributed by atoms with Crippen LogP contribution in [0.3, 0.4) is 0 Å². The van der Waals surface area contributed by atoms with Crippen molar-refractivity contribution in [3.63, 3.8) is 0 Å². The zero-order valence-corrected chi connectivity index (χ0v) is 18.3. The number of halogens is 2. The average molecular weight is 529 g/mol. The predicted octanol–water partition coefficient (Wildman–Crippen LogP) is 4.45. The Bertz CT molecular complexity index is 1010. The number of nitrogens with one attached hydrogen (secondary N) is 1. The van der Waals surface area contributed by atoms with E-state index in [1.807, 2.05) is 29.5 Å². The van der Waals surface area contributed by atoms with Gasteiger partial charge >= 0.3 is 0 Å². The molecule has 6 nitrogen and oxygen atoms in total. The van der Waals surface area contributed by atoms with Gasteiger partial charge in [-0.2, -0.15) is 4.99 Å². The van der Waals surface area contributed by atoms with Crippen molar-refractivity contribution >= 4 is 69.0 Å². The van der Waals surface area contributed by atoms with Crippen molar-refractivity contribution < 1.29 is 19.4 Å². The zero-order chi connectivity index (χ0) is 20.3. The molecule has 9 heteroatoms.